The number of nitrogens with one attached hydrogen (secondary N) is 1. The number of nitrogens with zero attached hydrogens (tertiary/aromatic N) is 6. The molecule has 0 aliphatic heterocycles. The second-order valence-corrected chi connectivity index (χ2v) is 8.76. The topological polar surface area (TPSA) is 161 Å². The Morgan fingerprint density at radius 2 is 1.97 bits per heavy atom. The Labute approximate surface area is 197 Å². The number of amides is 1. The molecule has 1 unspecified atom stereocenters. The Balaban J connectivity index is 2.00. The molecule has 0 aliphatic rings. The first-order valence-corrected chi connectivity index (χ1v) is 11.3. The van der Waals surface area contributed by atoms with Gasteiger partial charge in [-0.15, -0.1) is 0 Å². The molecule has 0 fully saturated rings. The molecule has 0 spiro atoms. The molecular formula is C19H11F4N7O5S. The van der Waals surface area contributed by atoms with Crippen LogP contribution in [0.2, 0.25) is 0 Å². The number of hydrogen-bond acceptors (Lipinski definition) is 9. The van der Waals surface area contributed by atoms with E-state index in [2.05, 4.69) is 20.4 Å². The zero-order valence-corrected chi connectivity index (χ0v) is 18.5. The zero-order valence-electron chi connectivity index (χ0n) is 17.7. The van der Waals surface area contributed by atoms with E-state index in [1.165, 1.54) is 0 Å². The van der Waals surface area contributed by atoms with Crippen molar-refractivity contribution < 1.29 is 35.0 Å². The number of rotatable bonds is 5. The molecule has 4 aromatic rings. The lowest BCUT2D eigenvalue weighted by molar-refractivity contribution is -0.141. The van der Waals surface area contributed by atoms with Crippen molar-refractivity contribution in [2.24, 2.45) is 0 Å². The van der Waals surface area contributed by atoms with Gasteiger partial charge in [-0.05, 0) is 24.3 Å². The number of hydrogen-bond donors (Lipinski definition) is 1. The molecule has 12 nitrogen and oxygen atoms in total. The van der Waals surface area contributed by atoms with Gasteiger partial charge in [-0.25, -0.2) is 18.5 Å². The van der Waals surface area contributed by atoms with E-state index < -0.39 is 67.9 Å². The van der Waals surface area contributed by atoms with Crippen molar-refractivity contribution in [1.29, 1.82) is 5.26 Å². The van der Waals surface area contributed by atoms with Crippen LogP contribution in [-0.4, -0.2) is 44.7 Å². The van der Waals surface area contributed by atoms with Gasteiger partial charge in [-0.3, -0.25) is 14.2 Å². The van der Waals surface area contributed by atoms with Gasteiger partial charge in [-0.2, -0.15) is 36.5 Å². The Kier molecular flexibility index (Phi) is 5.94. The van der Waals surface area contributed by atoms with E-state index in [0.717, 1.165) is 30.5 Å². The highest BCUT2D eigenvalue weighted by Crippen LogP contribution is 2.29. The van der Waals surface area contributed by atoms with Gasteiger partial charge >= 0.3 is 6.18 Å². The summed E-state index contributed by atoms with van der Waals surface area (Å²) in [5.74, 6) is -2.25. The highest BCUT2D eigenvalue weighted by molar-refractivity contribution is 7.86. The number of carbonyl (C=O) groups is 1. The number of aromatic nitrogens is 5. The molecular weight excluding hydrogens is 514 g/mol. The highest BCUT2D eigenvalue weighted by atomic mass is 32.2. The van der Waals surface area contributed by atoms with Gasteiger partial charge in [0.05, 0.1) is 17.8 Å². The molecule has 1 amide bonds. The van der Waals surface area contributed by atoms with E-state index in [1.807, 2.05) is 0 Å². The summed E-state index contributed by atoms with van der Waals surface area (Å²) in [5, 5.41) is 14.7. The molecule has 17 heteroatoms. The fraction of sp³-hybridized carbons (Fsp3) is 0.158. The summed E-state index contributed by atoms with van der Waals surface area (Å²) in [5.41, 5.74) is -4.04. The first-order valence-electron chi connectivity index (χ1n) is 9.51. The van der Waals surface area contributed by atoms with Gasteiger partial charge in [0.15, 0.2) is 11.3 Å². The molecule has 1 atom stereocenters. The summed E-state index contributed by atoms with van der Waals surface area (Å²) in [7, 11) is -4.44. The van der Waals surface area contributed by atoms with Crippen LogP contribution in [0.5, 0.6) is 0 Å². The Bertz CT molecular complexity index is 1720. The lowest BCUT2D eigenvalue weighted by Crippen LogP contribution is -2.37. The van der Waals surface area contributed by atoms with Crippen LogP contribution in [-0.2, 0) is 25.3 Å². The predicted molar refractivity (Wildman–Crippen MR) is 112 cm³/mol. The molecule has 0 aliphatic carbocycles. The molecule has 186 valence electrons. The van der Waals surface area contributed by atoms with E-state index in [4.69, 9.17) is 4.18 Å². The van der Waals surface area contributed by atoms with Gasteiger partial charge < -0.3 is 5.32 Å². The summed E-state index contributed by atoms with van der Waals surface area (Å²) >= 11 is 0. The second kappa shape index (κ2) is 8.66. The molecule has 0 saturated heterocycles. The molecule has 0 radical (unpaired) electrons. The zero-order chi connectivity index (χ0) is 26.4. The van der Waals surface area contributed by atoms with Crippen LogP contribution in [0.25, 0.3) is 16.7 Å². The van der Waals surface area contributed by atoms with E-state index in [1.54, 1.807) is 6.07 Å². The van der Waals surface area contributed by atoms with Crippen molar-refractivity contribution >= 4 is 38.5 Å². The van der Waals surface area contributed by atoms with Crippen molar-refractivity contribution in [3.8, 4) is 6.07 Å². The van der Waals surface area contributed by atoms with Gasteiger partial charge in [0.2, 0.25) is 6.23 Å². The second-order valence-electron chi connectivity index (χ2n) is 7.16. The van der Waals surface area contributed by atoms with Crippen LogP contribution in [0.1, 0.15) is 17.6 Å². The molecule has 0 bridgehead atoms. The van der Waals surface area contributed by atoms with Gasteiger partial charge in [0.1, 0.15) is 29.0 Å². The van der Waals surface area contributed by atoms with Crippen LogP contribution in [0.4, 0.5) is 23.4 Å². The third-order valence-corrected chi connectivity index (χ3v) is 5.10. The fourth-order valence-electron chi connectivity index (χ4n) is 3.16. The first-order chi connectivity index (χ1) is 16.8. The number of alkyl halides is 3. The third kappa shape index (κ3) is 4.71. The lowest BCUT2D eigenvalue weighted by Gasteiger charge is -2.20. The van der Waals surface area contributed by atoms with E-state index in [9.17, 15) is 40.8 Å². The van der Waals surface area contributed by atoms with Crippen LogP contribution in [0, 0.1) is 17.1 Å². The van der Waals surface area contributed by atoms with Gasteiger partial charge in [-0.1, -0.05) is 0 Å². The average molecular weight is 525 g/mol. The Morgan fingerprint density at radius 1 is 1.25 bits per heavy atom. The number of carbonyl (C=O) groups excluding carboxylic acids is 1. The molecule has 4 heterocycles. The summed E-state index contributed by atoms with van der Waals surface area (Å²) < 4.78 is 82.7. The predicted octanol–water partition coefficient (Wildman–Crippen LogP) is 1.58. The Morgan fingerprint density at radius 3 is 2.56 bits per heavy atom. The normalized spacial score (nSPS) is 13.0. The van der Waals surface area contributed by atoms with Gasteiger partial charge in [0.25, 0.3) is 21.6 Å². The van der Waals surface area contributed by atoms with Gasteiger partial charge in [0, 0.05) is 6.07 Å². The van der Waals surface area contributed by atoms with Crippen LogP contribution in [0.15, 0.2) is 41.3 Å². The molecule has 0 saturated carbocycles. The van der Waals surface area contributed by atoms with Crippen LogP contribution < -0.4 is 10.9 Å². The minimum absolute atomic E-state index is 0.240. The highest BCUT2D eigenvalue weighted by Gasteiger charge is 2.35. The number of nitriles is 1. The first kappa shape index (κ1) is 24.7. The summed E-state index contributed by atoms with van der Waals surface area (Å²) in [6.07, 6.45) is -5.83. The molecule has 0 aromatic carbocycles. The van der Waals surface area contributed by atoms with E-state index >= 15 is 0 Å². The van der Waals surface area contributed by atoms with Crippen molar-refractivity contribution in [2.75, 3.05) is 11.6 Å². The monoisotopic (exact) mass is 525 g/mol. The van der Waals surface area contributed by atoms with Crippen molar-refractivity contribution in [2.45, 2.75) is 12.4 Å². The summed E-state index contributed by atoms with van der Waals surface area (Å²) in [6, 6.07) is 5.80. The minimum Gasteiger partial charge on any atom is -0.307 e. The molecule has 1 N–H and O–H groups in total. The number of pyridine rings is 2. The number of fused-ring (bicyclic) bond motifs is 3. The van der Waals surface area contributed by atoms with Crippen molar-refractivity contribution in [3.05, 3.63) is 64.1 Å². The van der Waals surface area contributed by atoms with Crippen LogP contribution in [0.3, 0.4) is 0 Å². The Hall–Kier alpha value is -4.43. The SMILES string of the molecule is CS(=O)(=O)OC(C(=O)Nc1ccc(F)cn1)n1c(=O)c2ccc(C(F)(F)F)nc2n2nc(C#N)cc12. The molecule has 4 rings (SSSR count). The van der Waals surface area contributed by atoms with E-state index in [0.29, 0.717) is 21.4 Å². The molecule has 36 heavy (non-hydrogen) atoms. The average Bonchev–Trinajstić information content (AvgIpc) is 3.22. The maximum absolute atomic E-state index is 13.3. The fourth-order valence-corrected chi connectivity index (χ4v) is 3.66. The van der Waals surface area contributed by atoms with Crippen LogP contribution >= 0.6 is 0 Å². The lowest BCUT2D eigenvalue weighted by atomic mass is 10.2. The summed E-state index contributed by atoms with van der Waals surface area (Å²) in [4.78, 5) is 33.4. The van der Waals surface area contributed by atoms with Crippen molar-refractivity contribution in [1.82, 2.24) is 24.1 Å². The smallest absolute Gasteiger partial charge is 0.307 e. The quantitative estimate of drug-likeness (QED) is 0.301. The number of halogens is 4. The maximum atomic E-state index is 13.3. The summed E-state index contributed by atoms with van der Waals surface area (Å²) in [6.45, 7) is 0. The standard InChI is InChI=1S/C19H11F4N7O5S/c1-36(33,34)35-18(16(31)27-13-5-2-9(20)8-25-13)29-14-6-10(7-24)28-30(14)15-11(17(29)32)3-4-12(26-15)19(21,22)23/h2-6,8,18H,1H3,(H,25,27,31). The molecule has 4 aromatic heterocycles. The largest absolute Gasteiger partial charge is 0.433 e. The van der Waals surface area contributed by atoms with E-state index in [-0.39, 0.29) is 5.82 Å². The maximum Gasteiger partial charge on any atom is 0.433 e. The third-order valence-electron chi connectivity index (χ3n) is 4.57. The number of anilines is 1. The minimum atomic E-state index is -4.88. The van der Waals surface area contributed by atoms with Crippen molar-refractivity contribution in [3.63, 3.8) is 0 Å².